The smallest absolute Gasteiger partial charge is 0.102 e. The van der Waals surface area contributed by atoms with Gasteiger partial charge in [0.2, 0.25) is 0 Å². The number of imidazole rings is 2. The predicted molar refractivity (Wildman–Crippen MR) is 90.2 cm³/mol. The standard InChI is InChI=1S/3C4H6N2.3CH4/c1-4-2-5-3-6-4;1-4-5-2-3-6-4;1-4-2-3-5-6-4;;;/h3*2-3H,1H3,(H,5,6);3*1H4. The van der Waals surface area contributed by atoms with Crippen molar-refractivity contribution in [2.45, 2.75) is 43.1 Å². The van der Waals surface area contributed by atoms with Crippen molar-refractivity contribution in [3.8, 4) is 0 Å². The van der Waals surface area contributed by atoms with Crippen LogP contribution < -0.4 is 0 Å². The van der Waals surface area contributed by atoms with Crippen molar-refractivity contribution in [3.63, 3.8) is 0 Å². The average Bonchev–Trinajstić information content (AvgIpc) is 3.05. The van der Waals surface area contributed by atoms with Crippen molar-refractivity contribution in [1.29, 1.82) is 0 Å². The van der Waals surface area contributed by atoms with Gasteiger partial charge in [-0.15, -0.1) is 0 Å². The van der Waals surface area contributed by atoms with Crippen molar-refractivity contribution < 1.29 is 0 Å². The molecule has 0 atom stereocenters. The number of hydrogen-bond donors (Lipinski definition) is 3. The minimum absolute atomic E-state index is 0. The van der Waals surface area contributed by atoms with E-state index in [9.17, 15) is 0 Å². The summed E-state index contributed by atoms with van der Waals surface area (Å²) in [7, 11) is 0. The van der Waals surface area contributed by atoms with Gasteiger partial charge in [-0.25, -0.2) is 9.97 Å². The highest BCUT2D eigenvalue weighted by atomic mass is 15.1. The van der Waals surface area contributed by atoms with E-state index in [1.807, 2.05) is 26.8 Å². The highest BCUT2D eigenvalue weighted by molar-refractivity contribution is 4.92. The number of hydrogen-bond acceptors (Lipinski definition) is 3. The van der Waals surface area contributed by atoms with Crippen molar-refractivity contribution in [2.24, 2.45) is 0 Å². The lowest BCUT2D eigenvalue weighted by Gasteiger charge is -1.68. The van der Waals surface area contributed by atoms with Crippen LogP contribution in [-0.4, -0.2) is 30.1 Å². The van der Waals surface area contributed by atoms with Gasteiger partial charge in [0, 0.05) is 36.2 Å². The molecule has 3 rings (SSSR count). The van der Waals surface area contributed by atoms with Crippen LogP contribution in [0.5, 0.6) is 0 Å². The molecule has 0 radical (unpaired) electrons. The number of aromatic nitrogens is 6. The third kappa shape index (κ3) is 12.4. The van der Waals surface area contributed by atoms with Gasteiger partial charge in [-0.3, -0.25) is 5.10 Å². The molecule has 0 bridgehead atoms. The van der Waals surface area contributed by atoms with E-state index in [1.54, 1.807) is 31.1 Å². The maximum atomic E-state index is 3.86. The number of aromatic amines is 3. The van der Waals surface area contributed by atoms with Crippen molar-refractivity contribution in [3.05, 3.63) is 54.4 Å². The molecule has 120 valence electrons. The lowest BCUT2D eigenvalue weighted by molar-refractivity contribution is 1.05. The molecule has 0 amide bonds. The quantitative estimate of drug-likeness (QED) is 0.584. The Labute approximate surface area is 128 Å². The summed E-state index contributed by atoms with van der Waals surface area (Å²) in [6, 6.07) is 1.92. The summed E-state index contributed by atoms with van der Waals surface area (Å²) in [5, 5.41) is 6.45. The average molecular weight is 294 g/mol. The molecule has 0 saturated heterocycles. The Bertz CT molecular complexity index is 406. The molecule has 0 unspecified atom stereocenters. The topological polar surface area (TPSA) is 86.0 Å². The molecule has 0 aliphatic rings. The van der Waals surface area contributed by atoms with Gasteiger partial charge in [-0.1, -0.05) is 22.3 Å². The van der Waals surface area contributed by atoms with Crippen LogP contribution in [-0.2, 0) is 0 Å². The molecule has 3 heterocycles. The first-order valence-electron chi connectivity index (χ1n) is 5.55. The first-order chi connectivity index (χ1) is 8.68. The van der Waals surface area contributed by atoms with E-state index >= 15 is 0 Å². The Balaban J connectivity index is -0.000000216. The van der Waals surface area contributed by atoms with Crippen LogP contribution in [0.1, 0.15) is 39.5 Å². The Morgan fingerprint density at radius 3 is 1.76 bits per heavy atom. The minimum atomic E-state index is 0. The zero-order chi connectivity index (χ0) is 13.2. The summed E-state index contributed by atoms with van der Waals surface area (Å²) in [5.41, 5.74) is 2.21. The fraction of sp³-hybridized carbons (Fsp3) is 0.400. The van der Waals surface area contributed by atoms with Crippen LogP contribution in [0.2, 0.25) is 0 Å². The van der Waals surface area contributed by atoms with Crippen LogP contribution in [0.15, 0.2) is 37.2 Å². The zero-order valence-electron chi connectivity index (χ0n) is 10.8. The molecule has 3 aromatic rings. The molecule has 0 aliphatic heterocycles. The summed E-state index contributed by atoms with van der Waals surface area (Å²) in [5.74, 6) is 0.968. The minimum Gasteiger partial charge on any atom is -0.349 e. The van der Waals surface area contributed by atoms with Gasteiger partial charge >= 0.3 is 0 Å². The predicted octanol–water partition coefficient (Wildman–Crippen LogP) is 4.06. The SMILES string of the molecule is C.C.C.Cc1ccn[nH]1.Cc1cnc[nH]1.Cc1ncc[nH]1. The zero-order valence-corrected chi connectivity index (χ0v) is 10.8. The molecule has 0 spiro atoms. The van der Waals surface area contributed by atoms with Crippen LogP contribution in [0, 0.1) is 20.8 Å². The van der Waals surface area contributed by atoms with E-state index in [0.717, 1.165) is 17.2 Å². The lowest BCUT2D eigenvalue weighted by Crippen LogP contribution is -1.66. The van der Waals surface area contributed by atoms with Gasteiger partial charge in [-0.05, 0) is 26.8 Å². The largest absolute Gasteiger partial charge is 0.349 e. The first-order valence-corrected chi connectivity index (χ1v) is 5.55. The van der Waals surface area contributed by atoms with E-state index in [0.29, 0.717) is 0 Å². The number of aryl methyl sites for hydroxylation is 3. The van der Waals surface area contributed by atoms with E-state index < -0.39 is 0 Å². The van der Waals surface area contributed by atoms with Crippen LogP contribution in [0.25, 0.3) is 0 Å². The fourth-order valence-corrected chi connectivity index (χ4v) is 0.995. The van der Waals surface area contributed by atoms with Gasteiger partial charge < -0.3 is 9.97 Å². The molecule has 0 aromatic carbocycles. The van der Waals surface area contributed by atoms with Crippen molar-refractivity contribution in [1.82, 2.24) is 30.1 Å². The monoisotopic (exact) mass is 294 g/mol. The van der Waals surface area contributed by atoms with Gasteiger partial charge in [0.05, 0.1) is 6.33 Å². The maximum Gasteiger partial charge on any atom is 0.102 e. The molecule has 0 aliphatic carbocycles. The maximum absolute atomic E-state index is 3.86. The van der Waals surface area contributed by atoms with Gasteiger partial charge in [0.15, 0.2) is 0 Å². The number of H-pyrrole nitrogens is 3. The Hall–Kier alpha value is -2.37. The Morgan fingerprint density at radius 2 is 1.62 bits per heavy atom. The molecule has 21 heavy (non-hydrogen) atoms. The summed E-state index contributed by atoms with van der Waals surface area (Å²) in [6.07, 6.45) is 8.70. The third-order valence-electron chi connectivity index (χ3n) is 1.91. The van der Waals surface area contributed by atoms with E-state index in [2.05, 4.69) is 30.1 Å². The van der Waals surface area contributed by atoms with E-state index in [4.69, 9.17) is 0 Å². The Kier molecular flexibility index (Phi) is 15.9. The molecule has 0 fully saturated rings. The van der Waals surface area contributed by atoms with E-state index in [-0.39, 0.29) is 22.3 Å². The fourth-order valence-electron chi connectivity index (χ4n) is 0.995. The van der Waals surface area contributed by atoms with Crippen LogP contribution >= 0.6 is 0 Å². The van der Waals surface area contributed by atoms with Crippen LogP contribution in [0.4, 0.5) is 0 Å². The van der Waals surface area contributed by atoms with Crippen LogP contribution in [0.3, 0.4) is 0 Å². The number of nitrogens with one attached hydrogen (secondary N) is 3. The lowest BCUT2D eigenvalue weighted by atomic mass is 10.5. The summed E-state index contributed by atoms with van der Waals surface area (Å²) in [6.45, 7) is 5.85. The second-order valence-electron chi connectivity index (χ2n) is 3.65. The molecule has 3 N–H and O–H groups in total. The molecule has 3 aromatic heterocycles. The van der Waals surface area contributed by atoms with Crippen molar-refractivity contribution >= 4 is 0 Å². The molecule has 6 nitrogen and oxygen atoms in total. The number of nitrogens with zero attached hydrogens (tertiary/aromatic N) is 3. The second-order valence-corrected chi connectivity index (χ2v) is 3.65. The van der Waals surface area contributed by atoms with Gasteiger partial charge in [-0.2, -0.15) is 5.10 Å². The summed E-state index contributed by atoms with van der Waals surface area (Å²) in [4.78, 5) is 13.4. The number of rotatable bonds is 0. The highest BCUT2D eigenvalue weighted by Gasteiger charge is 1.74. The third-order valence-corrected chi connectivity index (χ3v) is 1.91. The molecule has 0 saturated carbocycles. The van der Waals surface area contributed by atoms with Crippen molar-refractivity contribution in [2.75, 3.05) is 0 Å². The summed E-state index contributed by atoms with van der Waals surface area (Å²) < 4.78 is 0. The second kappa shape index (κ2) is 14.0. The molecule has 6 heteroatoms. The van der Waals surface area contributed by atoms with Gasteiger partial charge in [0.25, 0.3) is 0 Å². The first kappa shape index (κ1) is 23.7. The Morgan fingerprint density at radius 1 is 0.905 bits per heavy atom. The van der Waals surface area contributed by atoms with E-state index in [1.165, 1.54) is 0 Å². The highest BCUT2D eigenvalue weighted by Crippen LogP contribution is 1.82. The van der Waals surface area contributed by atoms with Gasteiger partial charge in [0.1, 0.15) is 5.82 Å². The summed E-state index contributed by atoms with van der Waals surface area (Å²) >= 11 is 0. The molecular weight excluding hydrogens is 264 g/mol. The normalized spacial score (nSPS) is 7.57. The molecular formula is C15H30N6.